The van der Waals surface area contributed by atoms with Crippen LogP contribution in [0.25, 0.3) is 6.08 Å². The molecule has 1 saturated heterocycles. The first-order valence-electron chi connectivity index (χ1n) is 13.1. The van der Waals surface area contributed by atoms with Gasteiger partial charge in [-0.15, -0.1) is 0 Å². The Morgan fingerprint density at radius 2 is 1.90 bits per heavy atom. The predicted octanol–water partition coefficient (Wildman–Crippen LogP) is 3.96. The number of nitrogens with two attached hydrogens (primary N) is 1. The molecule has 2 aliphatic rings. The third-order valence-electron chi connectivity index (χ3n) is 7.00. The van der Waals surface area contributed by atoms with E-state index in [2.05, 4.69) is 21.3 Å². The van der Waals surface area contributed by atoms with Gasteiger partial charge < -0.3 is 41.1 Å². The van der Waals surface area contributed by atoms with Gasteiger partial charge in [-0.1, -0.05) is 11.6 Å². The van der Waals surface area contributed by atoms with Crippen LogP contribution in [0.4, 0.5) is 15.8 Å². The molecule has 1 spiro atoms. The lowest BCUT2D eigenvalue weighted by molar-refractivity contribution is -0.117. The first-order valence-corrected chi connectivity index (χ1v) is 13.5. The molecule has 4 rings (SSSR count). The Hall–Kier alpha value is -3.47. The Balaban J connectivity index is 0.00000216. The highest BCUT2D eigenvalue weighted by Gasteiger charge is 2.53. The van der Waals surface area contributed by atoms with Crippen molar-refractivity contribution < 1.29 is 18.7 Å². The normalized spacial score (nSPS) is 15.8. The zero-order valence-electron chi connectivity index (χ0n) is 23.2. The highest BCUT2D eigenvalue weighted by atomic mass is 35.5. The summed E-state index contributed by atoms with van der Waals surface area (Å²) in [6.07, 6.45) is 8.23. The molecule has 0 bridgehead atoms. The number of carbonyl (C=O) groups excluding carboxylic acids is 2. The number of benzene rings is 2. The summed E-state index contributed by atoms with van der Waals surface area (Å²) in [4.78, 5) is 26.5. The van der Waals surface area contributed by atoms with Crippen molar-refractivity contribution in [2.45, 2.75) is 18.9 Å². The van der Waals surface area contributed by atoms with Gasteiger partial charge in [-0.05, 0) is 56.4 Å². The van der Waals surface area contributed by atoms with Gasteiger partial charge in [0.15, 0.2) is 6.29 Å². The van der Waals surface area contributed by atoms with Crippen molar-refractivity contribution in [3.8, 4) is 5.75 Å². The van der Waals surface area contributed by atoms with Gasteiger partial charge in [0.25, 0.3) is 0 Å². The average Bonchev–Trinajstić information content (AvgIpc) is 2.90. The van der Waals surface area contributed by atoms with Crippen LogP contribution in [0.2, 0.25) is 5.02 Å². The maximum Gasteiger partial charge on any atom is 0.152 e. The van der Waals surface area contributed by atoms with E-state index in [9.17, 15) is 14.0 Å². The number of hydrogen-bond donors (Lipinski definition) is 4. The van der Waals surface area contributed by atoms with Gasteiger partial charge in [-0.3, -0.25) is 4.79 Å². The van der Waals surface area contributed by atoms with Crippen LogP contribution in [-0.4, -0.2) is 88.6 Å². The third-order valence-corrected chi connectivity index (χ3v) is 7.33. The molecule has 1 saturated carbocycles. The topological polar surface area (TPSA) is 124 Å². The zero-order chi connectivity index (χ0) is 29.3. The van der Waals surface area contributed by atoms with Gasteiger partial charge in [-0.2, -0.15) is 0 Å². The van der Waals surface area contributed by atoms with E-state index in [1.807, 2.05) is 37.3 Å². The van der Waals surface area contributed by atoms with Crippen LogP contribution in [0.1, 0.15) is 34.3 Å². The smallest absolute Gasteiger partial charge is 0.152 e. The van der Waals surface area contributed by atoms with E-state index in [-0.39, 0.29) is 18.1 Å². The fourth-order valence-corrected chi connectivity index (χ4v) is 5.40. The van der Waals surface area contributed by atoms with Gasteiger partial charge >= 0.3 is 0 Å². The summed E-state index contributed by atoms with van der Waals surface area (Å²) in [6.45, 7) is 3.37. The highest BCUT2D eigenvalue weighted by molar-refractivity contribution is 6.33. The first-order chi connectivity index (χ1) is 19.3. The summed E-state index contributed by atoms with van der Waals surface area (Å²) in [5.74, 6) is 0.229. The molecule has 2 aromatic rings. The van der Waals surface area contributed by atoms with Crippen molar-refractivity contribution in [3.63, 3.8) is 0 Å². The number of nitrogens with one attached hydrogen (secondary N) is 3. The lowest BCUT2D eigenvalue weighted by Crippen LogP contribution is -2.65. The number of hydrogen-bond acceptors (Lipinski definition) is 9. The second kappa shape index (κ2) is 14.2. The Bertz CT molecular complexity index is 1220. The van der Waals surface area contributed by atoms with Gasteiger partial charge in [-0.25, -0.2) is 4.39 Å². The lowest BCUT2D eigenvalue weighted by Gasteiger charge is -2.58. The second-order valence-electron chi connectivity index (χ2n) is 10.2. The van der Waals surface area contributed by atoms with Crippen molar-refractivity contribution >= 4 is 47.8 Å². The molecule has 2 aromatic carbocycles. The molecule has 0 atom stereocenters. The molecule has 40 heavy (non-hydrogen) atoms. The minimum Gasteiger partial charge on any atom is -0.490 e. The Morgan fingerprint density at radius 3 is 2.52 bits per heavy atom. The number of halogens is 2. The Kier molecular flexibility index (Phi) is 11.1. The SMILES string of the molecule is CN.CN(C)/C=C\c1c(OC2CC3(C2)CN(CCNc2cc(NCC=O)c(C=N)cc2F)C3)ccc(Cl)c1C=O. The van der Waals surface area contributed by atoms with E-state index in [0.29, 0.717) is 45.4 Å². The second-order valence-corrected chi connectivity index (χ2v) is 10.6. The van der Waals surface area contributed by atoms with E-state index in [4.69, 9.17) is 21.7 Å². The van der Waals surface area contributed by atoms with E-state index < -0.39 is 5.82 Å². The number of ether oxygens (including phenoxy) is 1. The van der Waals surface area contributed by atoms with Crippen LogP contribution in [0.15, 0.2) is 30.5 Å². The van der Waals surface area contributed by atoms with E-state index in [0.717, 1.165) is 51.3 Å². The molecule has 2 fully saturated rings. The van der Waals surface area contributed by atoms with E-state index >= 15 is 0 Å². The van der Waals surface area contributed by atoms with Gasteiger partial charge in [0.05, 0.1) is 23.4 Å². The summed E-state index contributed by atoms with van der Waals surface area (Å²) in [7, 11) is 5.31. The minimum atomic E-state index is -0.432. The van der Waals surface area contributed by atoms with Crippen molar-refractivity contribution in [2.75, 3.05) is 64.5 Å². The molecule has 1 aliphatic heterocycles. The minimum absolute atomic E-state index is 0.0844. The molecule has 0 amide bonds. The number of likely N-dealkylation sites (tertiary alicyclic amines) is 1. The van der Waals surface area contributed by atoms with Crippen LogP contribution in [0, 0.1) is 16.6 Å². The molecular formula is C29H38ClFN6O3. The maximum absolute atomic E-state index is 14.4. The Morgan fingerprint density at radius 1 is 1.18 bits per heavy atom. The molecular weight excluding hydrogens is 535 g/mol. The van der Waals surface area contributed by atoms with Crippen molar-refractivity contribution in [1.82, 2.24) is 9.80 Å². The van der Waals surface area contributed by atoms with Crippen LogP contribution >= 0.6 is 11.6 Å². The van der Waals surface area contributed by atoms with E-state index in [1.54, 1.807) is 12.1 Å². The van der Waals surface area contributed by atoms with Crippen LogP contribution < -0.4 is 21.1 Å². The third kappa shape index (κ3) is 7.38. The van der Waals surface area contributed by atoms with Crippen molar-refractivity contribution in [3.05, 3.63) is 58.0 Å². The monoisotopic (exact) mass is 572 g/mol. The molecule has 0 radical (unpaired) electrons. The highest BCUT2D eigenvalue weighted by Crippen LogP contribution is 2.50. The molecule has 5 N–H and O–H groups in total. The zero-order valence-corrected chi connectivity index (χ0v) is 23.9. The standard InChI is InChI=1S/C28H33ClFN5O3.CH5N/c1-34(2)8-5-21-22(16-37)23(29)3-4-27(21)38-20-13-28(14-20)17-35(18-28)9-6-32-26-12-25(33-7-10-36)19(15-31)11-24(26)30;1-2/h3-5,8,10-12,15-16,20,31-33H,6-7,9,13-14,17-18H2,1-2H3;2H2,1H3/b8-5-,31-15?;. The lowest BCUT2D eigenvalue weighted by atomic mass is 9.61. The summed E-state index contributed by atoms with van der Waals surface area (Å²) < 4.78 is 20.7. The molecule has 1 heterocycles. The summed E-state index contributed by atoms with van der Waals surface area (Å²) in [6, 6.07) is 6.40. The van der Waals surface area contributed by atoms with E-state index in [1.165, 1.54) is 13.1 Å². The number of aldehydes is 2. The molecule has 0 unspecified atom stereocenters. The summed E-state index contributed by atoms with van der Waals surface area (Å²) in [5, 5.41) is 13.9. The Labute approximate surface area is 240 Å². The molecule has 0 aromatic heterocycles. The van der Waals surface area contributed by atoms with Gasteiger partial charge in [0.1, 0.15) is 17.9 Å². The fraction of sp³-hybridized carbons (Fsp3) is 0.414. The predicted molar refractivity (Wildman–Crippen MR) is 160 cm³/mol. The largest absolute Gasteiger partial charge is 0.490 e. The average molecular weight is 573 g/mol. The van der Waals surface area contributed by atoms with Crippen LogP contribution in [0.5, 0.6) is 5.75 Å². The number of nitrogens with zero attached hydrogens (tertiary/aromatic N) is 2. The van der Waals surface area contributed by atoms with Crippen LogP contribution in [0.3, 0.4) is 0 Å². The van der Waals surface area contributed by atoms with Gasteiger partial charge in [0, 0.05) is 74.3 Å². The molecule has 11 heteroatoms. The molecule has 1 aliphatic carbocycles. The first kappa shape index (κ1) is 31.1. The molecule has 9 nitrogen and oxygen atoms in total. The van der Waals surface area contributed by atoms with Crippen molar-refractivity contribution in [2.24, 2.45) is 11.1 Å². The molecule has 216 valence electrons. The maximum atomic E-state index is 14.4. The van der Waals surface area contributed by atoms with Crippen molar-refractivity contribution in [1.29, 1.82) is 5.41 Å². The fourth-order valence-electron chi connectivity index (χ4n) is 5.19. The number of rotatable bonds is 13. The summed E-state index contributed by atoms with van der Waals surface area (Å²) >= 11 is 6.23. The van der Waals surface area contributed by atoms with Crippen LogP contribution in [-0.2, 0) is 4.79 Å². The number of anilines is 2. The van der Waals surface area contributed by atoms with Gasteiger partial charge in [0.2, 0.25) is 0 Å². The quantitative estimate of drug-likeness (QED) is 0.210. The summed E-state index contributed by atoms with van der Waals surface area (Å²) in [5.41, 5.74) is 7.13. The number of carbonyl (C=O) groups is 2.